The van der Waals surface area contributed by atoms with Crippen LogP contribution in [0.5, 0.6) is 0 Å². The zero-order valence-electron chi connectivity index (χ0n) is 31.8. The number of aromatic nitrogens is 2. The minimum Gasteiger partial charge on any atom is -0.245 e. The second-order valence-electron chi connectivity index (χ2n) is 12.5. The highest BCUT2D eigenvalue weighted by Gasteiger charge is 2.19. The van der Waals surface area contributed by atoms with Gasteiger partial charge in [-0.1, -0.05) is 170 Å². The Balaban J connectivity index is 1.19. The van der Waals surface area contributed by atoms with Gasteiger partial charge in [-0.25, -0.2) is 9.97 Å². The summed E-state index contributed by atoms with van der Waals surface area (Å²) in [6.07, 6.45) is 0. The van der Waals surface area contributed by atoms with Crippen LogP contribution in [0.2, 0.25) is 0 Å². The molecule has 0 unspecified atom stereocenters. The number of pyridine rings is 2. The van der Waals surface area contributed by atoms with E-state index in [2.05, 4.69) is 115 Å². The van der Waals surface area contributed by atoms with Crippen molar-refractivity contribution in [3.8, 4) is 44.8 Å². The molecule has 0 aliphatic heterocycles. The van der Waals surface area contributed by atoms with E-state index in [1.165, 1.54) is 38.2 Å². The molecule has 0 spiro atoms. The number of hydrogen-bond donors (Lipinski definition) is 0. The normalized spacial score (nSPS) is 13.0. The average Bonchev–Trinajstić information content (AvgIpc) is 3.24. The summed E-state index contributed by atoms with van der Waals surface area (Å²) in [6.45, 7) is 0. The van der Waals surface area contributed by atoms with Crippen molar-refractivity contribution < 1.29 is 6.85 Å². The first kappa shape index (κ1) is 23.6. The Morgan fingerprint density at radius 3 is 1.42 bits per heavy atom. The molecule has 0 atom stereocenters. The molecule has 50 heavy (non-hydrogen) atoms. The molecule has 0 aliphatic rings. The van der Waals surface area contributed by atoms with Gasteiger partial charge in [-0.05, 0) is 66.7 Å². The molecular weight excluding hydrogens is 605 g/mol. The molecule has 10 rings (SSSR count). The van der Waals surface area contributed by atoms with E-state index in [0.717, 1.165) is 38.4 Å². The number of fused-ring (bicyclic) bond motifs is 6. The van der Waals surface area contributed by atoms with E-state index in [1.807, 2.05) is 30.3 Å². The van der Waals surface area contributed by atoms with Crippen LogP contribution < -0.4 is 0 Å². The van der Waals surface area contributed by atoms with E-state index in [9.17, 15) is 0 Å². The van der Waals surface area contributed by atoms with Crippen LogP contribution in [-0.2, 0) is 0 Å². The topological polar surface area (TPSA) is 25.8 Å². The lowest BCUT2D eigenvalue weighted by Gasteiger charge is -2.19. The van der Waals surface area contributed by atoms with Gasteiger partial charge in [0.05, 0.1) is 29.3 Å². The second-order valence-corrected chi connectivity index (χ2v) is 12.5. The second kappa shape index (κ2) is 11.5. The minimum atomic E-state index is -0.430. The summed E-state index contributed by atoms with van der Waals surface area (Å²) in [4.78, 5) is 10.2. The van der Waals surface area contributed by atoms with Crippen molar-refractivity contribution in [2.75, 3.05) is 0 Å². The van der Waals surface area contributed by atoms with E-state index in [0.29, 0.717) is 16.7 Å². The fourth-order valence-corrected chi connectivity index (χ4v) is 7.51. The van der Waals surface area contributed by atoms with Gasteiger partial charge in [-0.3, -0.25) is 0 Å². The van der Waals surface area contributed by atoms with Crippen LogP contribution in [-0.4, -0.2) is 9.97 Å². The molecule has 0 fully saturated rings. The third-order valence-electron chi connectivity index (χ3n) is 9.74. The van der Waals surface area contributed by atoms with Crippen molar-refractivity contribution in [3.63, 3.8) is 0 Å². The van der Waals surface area contributed by atoms with Crippen molar-refractivity contribution in [1.82, 2.24) is 9.97 Å². The van der Waals surface area contributed by atoms with Crippen LogP contribution in [0.3, 0.4) is 0 Å². The Morgan fingerprint density at radius 1 is 0.340 bits per heavy atom. The molecule has 0 amide bonds. The molecule has 0 saturated carbocycles. The maximum atomic E-state index is 8.56. The van der Waals surface area contributed by atoms with Gasteiger partial charge in [-0.2, -0.15) is 0 Å². The van der Waals surface area contributed by atoms with E-state index >= 15 is 0 Å². The number of benzene rings is 8. The summed E-state index contributed by atoms with van der Waals surface area (Å²) in [7, 11) is 0. The van der Waals surface area contributed by atoms with E-state index in [1.54, 1.807) is 6.07 Å². The van der Waals surface area contributed by atoms with Gasteiger partial charge in [0.25, 0.3) is 0 Å². The molecule has 0 radical (unpaired) electrons. The Hall–Kier alpha value is -6.64. The molecule has 0 saturated heterocycles. The van der Waals surface area contributed by atoms with Gasteiger partial charge in [0, 0.05) is 21.9 Å². The van der Waals surface area contributed by atoms with Gasteiger partial charge >= 0.3 is 0 Å². The van der Waals surface area contributed by atoms with E-state index in [-0.39, 0.29) is 29.7 Å². The van der Waals surface area contributed by atoms with Crippen LogP contribution in [0.1, 0.15) is 6.85 Å². The molecule has 0 bridgehead atoms. The molecule has 10 aromatic rings. The Bertz CT molecular complexity index is 3130. The van der Waals surface area contributed by atoms with Gasteiger partial charge < -0.3 is 0 Å². The highest BCUT2D eigenvalue weighted by molar-refractivity contribution is 6.24. The smallest absolute Gasteiger partial charge is 0.0972 e. The largest absolute Gasteiger partial charge is 0.245 e. The van der Waals surface area contributed by atoms with Crippen LogP contribution in [0.15, 0.2) is 182 Å². The van der Waals surface area contributed by atoms with E-state index in [4.69, 9.17) is 16.8 Å². The maximum absolute atomic E-state index is 8.56. The standard InChI is InChI=1S/C48H30N2/c1-3-13-31(14-4-1)43-29-25-33-23-24-34-26-30-44(50-48(34)47(33)49-43)37-27-28-42(36-18-8-7-17-35(36)37)46-40-21-11-9-19-38(40)45(32-15-5-2-6-16-32)39-20-10-12-22-41(39)46/h1-30H/i1D,3D,4D,13D,14D. The van der Waals surface area contributed by atoms with Gasteiger partial charge in [0.1, 0.15) is 0 Å². The first-order valence-electron chi connectivity index (χ1n) is 19.2. The molecular formula is C48H30N2. The van der Waals surface area contributed by atoms with Crippen molar-refractivity contribution in [3.05, 3.63) is 182 Å². The summed E-state index contributed by atoms with van der Waals surface area (Å²) in [5.41, 5.74) is 8.15. The van der Waals surface area contributed by atoms with Crippen LogP contribution in [0, 0.1) is 0 Å². The lowest BCUT2D eigenvalue weighted by atomic mass is 9.84. The monoisotopic (exact) mass is 639 g/mol. The summed E-state index contributed by atoms with van der Waals surface area (Å²) < 4.78 is 41.6. The predicted molar refractivity (Wildman–Crippen MR) is 211 cm³/mol. The Kier molecular flexibility index (Phi) is 5.44. The molecule has 232 valence electrons. The maximum Gasteiger partial charge on any atom is 0.0972 e. The fourth-order valence-electron chi connectivity index (χ4n) is 7.51. The highest BCUT2D eigenvalue weighted by atomic mass is 14.8. The average molecular weight is 640 g/mol. The van der Waals surface area contributed by atoms with Gasteiger partial charge in [-0.15, -0.1) is 0 Å². The predicted octanol–water partition coefficient (Wildman–Crippen LogP) is 12.9. The molecule has 2 aromatic heterocycles. The van der Waals surface area contributed by atoms with Gasteiger partial charge in [0.15, 0.2) is 0 Å². The zero-order chi connectivity index (χ0) is 37.4. The van der Waals surface area contributed by atoms with Crippen molar-refractivity contribution >= 4 is 54.1 Å². The van der Waals surface area contributed by atoms with Crippen molar-refractivity contribution in [1.29, 1.82) is 0 Å². The molecule has 0 aliphatic carbocycles. The summed E-state index contributed by atoms with van der Waals surface area (Å²) >= 11 is 0. The fraction of sp³-hybridized carbons (Fsp3) is 0. The molecule has 2 heteroatoms. The van der Waals surface area contributed by atoms with Crippen molar-refractivity contribution in [2.24, 2.45) is 0 Å². The van der Waals surface area contributed by atoms with E-state index < -0.39 is 6.04 Å². The van der Waals surface area contributed by atoms with Crippen LogP contribution in [0.4, 0.5) is 0 Å². The quantitative estimate of drug-likeness (QED) is 0.141. The minimum absolute atomic E-state index is 0.0690. The summed E-state index contributed by atoms with van der Waals surface area (Å²) in [5, 5.41) is 8.70. The first-order valence-corrected chi connectivity index (χ1v) is 16.7. The lowest BCUT2D eigenvalue weighted by Crippen LogP contribution is -1.94. The summed E-state index contributed by atoms with van der Waals surface area (Å²) in [6, 6.07) is 50.7. The van der Waals surface area contributed by atoms with Crippen LogP contribution in [0.25, 0.3) is 98.9 Å². The Labute approximate surface area is 297 Å². The first-order chi connectivity index (χ1) is 26.9. The molecule has 0 N–H and O–H groups in total. The number of rotatable bonds is 4. The van der Waals surface area contributed by atoms with Crippen molar-refractivity contribution in [2.45, 2.75) is 0 Å². The van der Waals surface area contributed by atoms with Crippen LogP contribution >= 0.6 is 0 Å². The SMILES string of the molecule is [2H]c1c([2H])c([2H])c(-c2ccc3ccc4ccc(-c5ccc(-c6c7ccccc7c(-c7ccccc7)c7ccccc67)c6ccccc56)nc4c3n2)c([2H])c1[2H]. The highest BCUT2D eigenvalue weighted by Crippen LogP contribution is 2.46. The molecule has 2 nitrogen and oxygen atoms in total. The Morgan fingerprint density at radius 2 is 0.800 bits per heavy atom. The zero-order valence-corrected chi connectivity index (χ0v) is 26.8. The lowest BCUT2D eigenvalue weighted by molar-refractivity contribution is 1.37. The van der Waals surface area contributed by atoms with Gasteiger partial charge in [0.2, 0.25) is 0 Å². The third-order valence-corrected chi connectivity index (χ3v) is 9.74. The number of nitrogens with zero attached hydrogens (tertiary/aromatic N) is 2. The third kappa shape index (κ3) is 4.50. The molecule has 8 aromatic carbocycles. The molecule has 2 heterocycles. The summed E-state index contributed by atoms with van der Waals surface area (Å²) in [5.74, 6) is 0. The number of hydrogen-bond acceptors (Lipinski definition) is 2.